The molecular weight excluding hydrogens is 309 g/mol. The number of halogens is 1. The zero-order chi connectivity index (χ0) is 16.9. The van der Waals surface area contributed by atoms with E-state index >= 15 is 0 Å². The third-order valence-corrected chi connectivity index (χ3v) is 3.39. The molecule has 122 valence electrons. The number of aryl methyl sites for hydroxylation is 1. The second-order valence-electron chi connectivity index (χ2n) is 5.29. The first-order valence-electron chi connectivity index (χ1n) is 7.39. The topological polar surface area (TPSA) is 56.2 Å². The number of carbonyl (C=O) groups is 1. The molecule has 0 aliphatic rings. The van der Waals surface area contributed by atoms with Crippen molar-refractivity contribution >= 4 is 5.91 Å². The summed E-state index contributed by atoms with van der Waals surface area (Å²) in [5, 5.41) is 6.79. The molecule has 0 saturated heterocycles. The summed E-state index contributed by atoms with van der Waals surface area (Å²) in [5.74, 6) is 0.731. The van der Waals surface area contributed by atoms with Crippen LogP contribution in [-0.2, 0) is 13.6 Å². The fraction of sp³-hybridized carbons (Fsp3) is 0.111. The van der Waals surface area contributed by atoms with E-state index in [0.717, 1.165) is 5.56 Å². The highest BCUT2D eigenvalue weighted by molar-refractivity contribution is 5.93. The highest BCUT2D eigenvalue weighted by atomic mass is 19.1. The van der Waals surface area contributed by atoms with Crippen molar-refractivity contribution < 1.29 is 13.9 Å². The van der Waals surface area contributed by atoms with Gasteiger partial charge in [0.1, 0.15) is 17.3 Å². The van der Waals surface area contributed by atoms with Crippen LogP contribution in [0, 0.1) is 5.82 Å². The number of hydrogen-bond acceptors (Lipinski definition) is 3. The molecule has 0 aliphatic heterocycles. The fourth-order valence-electron chi connectivity index (χ4n) is 2.14. The second kappa shape index (κ2) is 6.95. The molecule has 0 atom stereocenters. The van der Waals surface area contributed by atoms with Crippen molar-refractivity contribution in [2.75, 3.05) is 0 Å². The molecule has 0 radical (unpaired) electrons. The number of rotatable bonds is 5. The minimum Gasteiger partial charge on any atom is -0.457 e. The molecular formula is C18H16FN3O2. The Labute approximate surface area is 138 Å². The predicted octanol–water partition coefficient (Wildman–Crippen LogP) is 3.28. The van der Waals surface area contributed by atoms with E-state index in [-0.39, 0.29) is 11.7 Å². The zero-order valence-electron chi connectivity index (χ0n) is 13.1. The van der Waals surface area contributed by atoms with Gasteiger partial charge in [-0.25, -0.2) is 4.39 Å². The molecule has 3 aromatic rings. The number of benzene rings is 2. The number of ether oxygens (including phenoxy) is 1. The van der Waals surface area contributed by atoms with Gasteiger partial charge in [-0.15, -0.1) is 0 Å². The van der Waals surface area contributed by atoms with E-state index in [2.05, 4.69) is 10.4 Å². The van der Waals surface area contributed by atoms with Crippen molar-refractivity contribution in [1.82, 2.24) is 15.1 Å². The second-order valence-corrected chi connectivity index (χ2v) is 5.29. The van der Waals surface area contributed by atoms with Crippen LogP contribution in [0.25, 0.3) is 0 Å². The monoisotopic (exact) mass is 325 g/mol. The van der Waals surface area contributed by atoms with Gasteiger partial charge in [-0.3, -0.25) is 9.48 Å². The molecule has 2 aromatic carbocycles. The highest BCUT2D eigenvalue weighted by Gasteiger charge is 2.07. The molecule has 0 fully saturated rings. The van der Waals surface area contributed by atoms with Gasteiger partial charge in [0.2, 0.25) is 0 Å². The molecule has 0 unspecified atom stereocenters. The molecule has 6 heteroatoms. The number of amides is 1. The third-order valence-electron chi connectivity index (χ3n) is 3.39. The van der Waals surface area contributed by atoms with Gasteiger partial charge in [0, 0.05) is 19.8 Å². The summed E-state index contributed by atoms with van der Waals surface area (Å²) < 4.78 is 20.1. The van der Waals surface area contributed by atoms with E-state index in [0.29, 0.717) is 23.6 Å². The molecule has 1 N–H and O–H groups in total. The summed E-state index contributed by atoms with van der Waals surface area (Å²) in [6, 6.07) is 13.2. The van der Waals surface area contributed by atoms with Crippen LogP contribution in [0.2, 0.25) is 0 Å². The summed E-state index contributed by atoms with van der Waals surface area (Å²) in [5.41, 5.74) is 1.47. The van der Waals surface area contributed by atoms with E-state index in [1.54, 1.807) is 42.2 Å². The number of hydrogen-bond donors (Lipinski definition) is 1. The molecule has 0 aliphatic carbocycles. The van der Waals surface area contributed by atoms with E-state index in [4.69, 9.17) is 4.74 Å². The van der Waals surface area contributed by atoms with E-state index in [1.807, 2.05) is 12.1 Å². The first-order chi connectivity index (χ1) is 11.6. The van der Waals surface area contributed by atoms with Crippen LogP contribution in [0.5, 0.6) is 11.5 Å². The minimum atomic E-state index is -0.304. The molecule has 1 aromatic heterocycles. The maximum atomic E-state index is 12.9. The van der Waals surface area contributed by atoms with E-state index < -0.39 is 0 Å². The summed E-state index contributed by atoms with van der Waals surface area (Å²) in [7, 11) is 1.76. The van der Waals surface area contributed by atoms with Crippen LogP contribution in [-0.4, -0.2) is 15.7 Å². The van der Waals surface area contributed by atoms with Crippen molar-refractivity contribution in [3.05, 3.63) is 77.9 Å². The lowest BCUT2D eigenvalue weighted by molar-refractivity contribution is 0.0951. The first kappa shape index (κ1) is 15.7. The van der Waals surface area contributed by atoms with Gasteiger partial charge in [-0.2, -0.15) is 5.10 Å². The summed E-state index contributed by atoms with van der Waals surface area (Å²) in [4.78, 5) is 11.9. The Kier molecular flexibility index (Phi) is 4.56. The Balaban J connectivity index is 1.56. The van der Waals surface area contributed by atoms with Crippen LogP contribution in [0.4, 0.5) is 4.39 Å². The number of carbonyl (C=O) groups excluding carboxylic acids is 1. The Morgan fingerprint density at radius 3 is 2.33 bits per heavy atom. The lowest BCUT2D eigenvalue weighted by Crippen LogP contribution is -2.22. The van der Waals surface area contributed by atoms with Gasteiger partial charge in [0.15, 0.2) is 0 Å². The van der Waals surface area contributed by atoms with Gasteiger partial charge in [-0.1, -0.05) is 12.1 Å². The summed E-state index contributed by atoms with van der Waals surface area (Å²) >= 11 is 0. The SMILES string of the molecule is Cn1cc(C(=O)NCc2ccc(Oc3ccc(F)cc3)cc2)cn1. The van der Waals surface area contributed by atoms with Crippen molar-refractivity contribution in [3.63, 3.8) is 0 Å². The maximum Gasteiger partial charge on any atom is 0.254 e. The molecule has 24 heavy (non-hydrogen) atoms. The highest BCUT2D eigenvalue weighted by Crippen LogP contribution is 2.21. The normalized spacial score (nSPS) is 10.4. The number of nitrogens with zero attached hydrogens (tertiary/aromatic N) is 2. The molecule has 1 heterocycles. The molecule has 3 rings (SSSR count). The Morgan fingerprint density at radius 2 is 1.75 bits per heavy atom. The molecule has 5 nitrogen and oxygen atoms in total. The quantitative estimate of drug-likeness (QED) is 0.783. The average molecular weight is 325 g/mol. The average Bonchev–Trinajstić information content (AvgIpc) is 3.03. The van der Waals surface area contributed by atoms with Crippen molar-refractivity contribution in [3.8, 4) is 11.5 Å². The van der Waals surface area contributed by atoms with E-state index in [9.17, 15) is 9.18 Å². The minimum absolute atomic E-state index is 0.172. The number of aromatic nitrogens is 2. The molecule has 0 saturated carbocycles. The van der Waals surface area contributed by atoms with Gasteiger partial charge in [0.25, 0.3) is 5.91 Å². The predicted molar refractivity (Wildman–Crippen MR) is 87.3 cm³/mol. The summed E-state index contributed by atoms with van der Waals surface area (Å²) in [6.07, 6.45) is 3.18. The molecule has 0 spiro atoms. The van der Waals surface area contributed by atoms with Gasteiger partial charge < -0.3 is 10.1 Å². The molecule has 1 amide bonds. The van der Waals surface area contributed by atoms with E-state index in [1.165, 1.54) is 18.3 Å². The number of nitrogens with one attached hydrogen (secondary N) is 1. The Bertz CT molecular complexity index is 826. The maximum absolute atomic E-state index is 12.9. The lowest BCUT2D eigenvalue weighted by atomic mass is 10.2. The molecule has 0 bridgehead atoms. The standard InChI is InChI=1S/C18H16FN3O2/c1-22-12-14(11-21-22)18(23)20-10-13-2-6-16(7-3-13)24-17-8-4-15(19)5-9-17/h2-9,11-12H,10H2,1H3,(H,20,23). The van der Waals surface area contributed by atoms with Crippen LogP contribution < -0.4 is 10.1 Å². The van der Waals surface area contributed by atoms with Crippen LogP contribution in [0.15, 0.2) is 60.9 Å². The van der Waals surface area contributed by atoms with Crippen molar-refractivity contribution in [1.29, 1.82) is 0 Å². The third kappa shape index (κ3) is 3.98. The van der Waals surface area contributed by atoms with Crippen molar-refractivity contribution in [2.45, 2.75) is 6.54 Å². The summed E-state index contributed by atoms with van der Waals surface area (Å²) in [6.45, 7) is 0.407. The van der Waals surface area contributed by atoms with Gasteiger partial charge >= 0.3 is 0 Å². The zero-order valence-corrected chi connectivity index (χ0v) is 13.1. The smallest absolute Gasteiger partial charge is 0.254 e. The van der Waals surface area contributed by atoms with Gasteiger partial charge in [0.05, 0.1) is 11.8 Å². The largest absolute Gasteiger partial charge is 0.457 e. The van der Waals surface area contributed by atoms with Gasteiger partial charge in [-0.05, 0) is 42.0 Å². The Hall–Kier alpha value is -3.15. The van der Waals surface area contributed by atoms with Crippen LogP contribution in [0.3, 0.4) is 0 Å². The van der Waals surface area contributed by atoms with Crippen molar-refractivity contribution in [2.24, 2.45) is 7.05 Å². The fourth-order valence-corrected chi connectivity index (χ4v) is 2.14. The first-order valence-corrected chi connectivity index (χ1v) is 7.39. The van der Waals surface area contributed by atoms with Crippen LogP contribution in [0.1, 0.15) is 15.9 Å². The Morgan fingerprint density at radius 1 is 1.12 bits per heavy atom. The lowest BCUT2D eigenvalue weighted by Gasteiger charge is -2.07. The van der Waals surface area contributed by atoms with Crippen LogP contribution >= 0.6 is 0 Å².